The summed E-state index contributed by atoms with van der Waals surface area (Å²) >= 11 is 0. The van der Waals surface area contributed by atoms with Gasteiger partial charge in [-0.3, -0.25) is 0 Å². The number of fused-ring (bicyclic) bond motifs is 6. The van der Waals surface area contributed by atoms with E-state index >= 15 is 0 Å². The molecule has 44 heavy (non-hydrogen) atoms. The lowest BCUT2D eigenvalue weighted by molar-refractivity contribution is 0.0255. The summed E-state index contributed by atoms with van der Waals surface area (Å²) in [6.07, 6.45) is 3.72. The van der Waals surface area contributed by atoms with Crippen molar-refractivity contribution in [3.8, 4) is 0 Å². The summed E-state index contributed by atoms with van der Waals surface area (Å²) in [7, 11) is -2.24. The number of carbonyl (C=O) groups is 1. The molecule has 2 aliphatic rings. The first-order valence-electron chi connectivity index (χ1n) is 15.6. The number of carbonyl (C=O) groups excluding carboxylic acids is 1. The number of esters is 1. The number of ether oxygens (including phenoxy) is 1. The Labute approximate surface area is 260 Å². The zero-order valence-electron chi connectivity index (χ0n) is 26.7. The largest absolute Gasteiger partial charge is 0.441 e. The number of aryl methyl sites for hydroxylation is 1. The first-order valence-corrected chi connectivity index (χ1v) is 18.6. The minimum Gasteiger partial charge on any atom is -0.441 e. The van der Waals surface area contributed by atoms with Gasteiger partial charge in [0.15, 0.2) is 17.2 Å². The van der Waals surface area contributed by atoms with Crippen molar-refractivity contribution < 1.29 is 9.53 Å². The molecule has 3 heterocycles. The molecule has 4 aromatic rings. The summed E-state index contributed by atoms with van der Waals surface area (Å²) in [5.74, 6) is 0.642. The van der Waals surface area contributed by atoms with E-state index in [-0.39, 0.29) is 5.97 Å². The maximum atomic E-state index is 13.7. The molecule has 8 nitrogen and oxygen atoms in total. The molecule has 0 saturated heterocycles. The third kappa shape index (κ3) is 4.61. The van der Waals surface area contributed by atoms with E-state index in [0.717, 1.165) is 48.4 Å². The van der Waals surface area contributed by atoms with E-state index in [2.05, 4.69) is 113 Å². The molecule has 0 bridgehead atoms. The number of hydrogen-bond donors (Lipinski definition) is 0. The zero-order chi connectivity index (χ0) is 31.2. The van der Waals surface area contributed by atoms with Crippen LogP contribution in [-0.4, -0.2) is 60.6 Å². The average Bonchev–Trinajstić information content (AvgIpc) is 3.33. The molecule has 0 aliphatic carbocycles. The van der Waals surface area contributed by atoms with Gasteiger partial charge in [0.25, 0.3) is 0 Å². The molecule has 0 amide bonds. The van der Waals surface area contributed by atoms with Crippen LogP contribution in [0.25, 0.3) is 12.2 Å². The Bertz CT molecular complexity index is 1690. The summed E-state index contributed by atoms with van der Waals surface area (Å²) in [5.41, 5.74) is 5.86. The van der Waals surface area contributed by atoms with E-state index in [4.69, 9.17) is 4.74 Å². The molecule has 3 aromatic carbocycles. The van der Waals surface area contributed by atoms with Crippen molar-refractivity contribution in [2.45, 2.75) is 53.3 Å². The van der Waals surface area contributed by atoms with Crippen LogP contribution < -0.4 is 20.2 Å². The highest BCUT2D eigenvalue weighted by Crippen LogP contribution is 2.49. The lowest BCUT2D eigenvalue weighted by atomic mass is 9.78. The number of hydrogen-bond acceptors (Lipinski definition) is 8. The fourth-order valence-electron chi connectivity index (χ4n) is 6.88. The highest BCUT2D eigenvalue weighted by atomic mass is 28.3. The van der Waals surface area contributed by atoms with Crippen LogP contribution >= 0.6 is 0 Å². The molecule has 2 aliphatic heterocycles. The van der Waals surface area contributed by atoms with E-state index in [0.29, 0.717) is 17.2 Å². The second-order valence-electron chi connectivity index (χ2n) is 11.9. The predicted molar refractivity (Wildman–Crippen MR) is 180 cm³/mol. The first-order chi connectivity index (χ1) is 21.2. The van der Waals surface area contributed by atoms with Gasteiger partial charge >= 0.3 is 5.97 Å². The lowest BCUT2D eigenvalue weighted by Crippen LogP contribution is -2.63. The van der Waals surface area contributed by atoms with E-state index in [1.165, 1.54) is 21.7 Å². The van der Waals surface area contributed by atoms with E-state index < -0.39 is 13.7 Å². The van der Waals surface area contributed by atoms with E-state index in [9.17, 15) is 4.79 Å². The normalized spacial score (nSPS) is 15.6. The van der Waals surface area contributed by atoms with Crippen molar-refractivity contribution in [3.05, 3.63) is 94.1 Å². The quantitative estimate of drug-likeness (QED) is 0.205. The highest BCUT2D eigenvalue weighted by Gasteiger charge is 2.56. The molecule has 0 fully saturated rings. The Morgan fingerprint density at radius 3 is 1.80 bits per heavy atom. The molecule has 1 aromatic heterocycles. The number of nitrogens with zero attached hydrogens (tertiary/aromatic N) is 6. The van der Waals surface area contributed by atoms with Gasteiger partial charge in [-0.25, -0.2) is 4.79 Å². The topological polar surface area (TPSA) is 84.3 Å². The zero-order valence-corrected chi connectivity index (χ0v) is 27.7. The Balaban J connectivity index is 1.60. The van der Waals surface area contributed by atoms with Crippen molar-refractivity contribution in [2.75, 3.05) is 36.0 Å². The van der Waals surface area contributed by atoms with Crippen molar-refractivity contribution in [1.82, 2.24) is 20.4 Å². The minimum absolute atomic E-state index is 0.301. The van der Waals surface area contributed by atoms with E-state index in [1.807, 2.05) is 18.2 Å². The SMILES string of the molecule is CCN(CC)c1ccc2c(c1)[Si](C)(C)c1cc(N(CC)CC)ccc1C21OC(=O)c2ccc(/C=C/c3nnc(C)nn3)cc21. The number of aromatic nitrogens is 4. The summed E-state index contributed by atoms with van der Waals surface area (Å²) in [6.45, 7) is 19.1. The molecule has 6 rings (SSSR count). The van der Waals surface area contributed by atoms with Crippen molar-refractivity contribution in [1.29, 1.82) is 0 Å². The van der Waals surface area contributed by atoms with Crippen molar-refractivity contribution in [2.24, 2.45) is 0 Å². The maximum Gasteiger partial charge on any atom is 0.340 e. The highest BCUT2D eigenvalue weighted by molar-refractivity contribution is 7.01. The molecule has 226 valence electrons. The molecule has 0 saturated carbocycles. The van der Waals surface area contributed by atoms with E-state index in [1.54, 1.807) is 13.0 Å². The van der Waals surface area contributed by atoms with Crippen molar-refractivity contribution >= 4 is 47.9 Å². The Morgan fingerprint density at radius 1 is 0.727 bits per heavy atom. The molecular weight excluding hydrogens is 565 g/mol. The third-order valence-corrected chi connectivity index (χ3v) is 12.8. The van der Waals surface area contributed by atoms with Crippen LogP contribution in [0.1, 0.15) is 72.0 Å². The first kappa shape index (κ1) is 29.7. The Morgan fingerprint density at radius 2 is 1.27 bits per heavy atom. The summed E-state index contributed by atoms with van der Waals surface area (Å²) < 4.78 is 6.63. The van der Waals surface area contributed by atoms with Crippen LogP contribution in [0, 0.1) is 6.92 Å². The maximum absolute atomic E-state index is 13.7. The Hall–Kier alpha value is -4.37. The average molecular weight is 605 g/mol. The molecule has 0 radical (unpaired) electrons. The Kier molecular flexibility index (Phi) is 7.61. The molecule has 1 spiro atoms. The van der Waals surface area contributed by atoms with Gasteiger partial charge < -0.3 is 14.5 Å². The summed E-state index contributed by atoms with van der Waals surface area (Å²) in [5, 5.41) is 18.9. The van der Waals surface area contributed by atoms with Gasteiger partial charge in [0.1, 0.15) is 8.07 Å². The minimum atomic E-state index is -2.24. The molecule has 0 unspecified atom stereocenters. The molecule has 9 heteroatoms. The van der Waals surface area contributed by atoms with Gasteiger partial charge in [-0.1, -0.05) is 37.4 Å². The van der Waals surface area contributed by atoms with Gasteiger partial charge in [-0.05, 0) is 93.0 Å². The van der Waals surface area contributed by atoms with Gasteiger partial charge in [0.05, 0.1) is 5.56 Å². The van der Waals surface area contributed by atoms with Crippen LogP contribution in [0.2, 0.25) is 13.1 Å². The molecule has 0 N–H and O–H groups in total. The van der Waals surface area contributed by atoms with Gasteiger partial charge in [-0.2, -0.15) is 0 Å². The summed E-state index contributed by atoms with van der Waals surface area (Å²) in [6, 6.07) is 19.4. The fraction of sp³-hybridized carbons (Fsp3) is 0.343. The number of benzene rings is 3. The van der Waals surface area contributed by atoms with Gasteiger partial charge in [0.2, 0.25) is 0 Å². The molecule has 0 atom stereocenters. The standard InChI is InChI=1S/C35H40N6O2Si/c1-8-40(9-2)25-14-17-28-31(21-25)44(6,7)32-22-26(41(10-3)11-4)15-18-29(32)35(28)30-20-24(12-16-27(30)34(42)43-35)13-19-33-38-36-23(5)37-39-33/h12-22H,8-11H2,1-7H3/b19-13+. The van der Waals surface area contributed by atoms with Crippen LogP contribution in [0.5, 0.6) is 0 Å². The van der Waals surface area contributed by atoms with Crippen molar-refractivity contribution in [3.63, 3.8) is 0 Å². The van der Waals surface area contributed by atoms with Crippen LogP contribution in [-0.2, 0) is 10.3 Å². The predicted octanol–water partition coefficient (Wildman–Crippen LogP) is 5.04. The number of anilines is 2. The van der Waals surface area contributed by atoms with Crippen LogP contribution in [0.3, 0.4) is 0 Å². The second-order valence-corrected chi connectivity index (χ2v) is 16.3. The third-order valence-electron chi connectivity index (χ3n) is 9.28. The monoisotopic (exact) mass is 604 g/mol. The number of rotatable bonds is 8. The summed E-state index contributed by atoms with van der Waals surface area (Å²) in [4.78, 5) is 18.5. The van der Waals surface area contributed by atoms with Crippen LogP contribution in [0.15, 0.2) is 54.6 Å². The van der Waals surface area contributed by atoms with Gasteiger partial charge in [0, 0.05) is 54.2 Å². The lowest BCUT2D eigenvalue weighted by Gasteiger charge is -2.44. The second kappa shape index (κ2) is 11.3. The van der Waals surface area contributed by atoms with Crippen LogP contribution in [0.4, 0.5) is 11.4 Å². The fourth-order valence-corrected chi connectivity index (χ4v) is 10.1. The molecular formula is C35H40N6O2Si. The van der Waals surface area contributed by atoms with Gasteiger partial charge in [-0.15, -0.1) is 20.4 Å². The smallest absolute Gasteiger partial charge is 0.340 e.